The zero-order valence-corrected chi connectivity index (χ0v) is 11.3. The third-order valence-corrected chi connectivity index (χ3v) is 3.43. The normalized spacial score (nSPS) is 13.0. The first-order valence-electron chi connectivity index (χ1n) is 6.78. The maximum atomic E-state index is 5.37. The highest BCUT2D eigenvalue weighted by Crippen LogP contribution is 2.32. The Bertz CT molecular complexity index is 784. The van der Waals surface area contributed by atoms with E-state index in [4.69, 9.17) is 9.47 Å². The third-order valence-electron chi connectivity index (χ3n) is 3.43. The van der Waals surface area contributed by atoms with Crippen molar-refractivity contribution in [1.82, 2.24) is 19.9 Å². The summed E-state index contributed by atoms with van der Waals surface area (Å²) in [6.07, 6.45) is 1.97. The summed E-state index contributed by atoms with van der Waals surface area (Å²) in [5.74, 6) is 2.51. The molecule has 3 aromatic rings. The SMILES string of the molecule is c1ccn2c(CNCc3ccc4c(c3)OCO4)nnc2c1. The molecular formula is C15H14N4O2. The van der Waals surface area contributed by atoms with Gasteiger partial charge in [0.05, 0.1) is 6.54 Å². The van der Waals surface area contributed by atoms with Crippen LogP contribution in [0.15, 0.2) is 42.6 Å². The van der Waals surface area contributed by atoms with E-state index in [0.29, 0.717) is 13.3 Å². The second kappa shape index (κ2) is 5.06. The van der Waals surface area contributed by atoms with Gasteiger partial charge in [0.25, 0.3) is 0 Å². The summed E-state index contributed by atoms with van der Waals surface area (Å²) in [5, 5.41) is 11.7. The van der Waals surface area contributed by atoms with Crippen LogP contribution in [0.3, 0.4) is 0 Å². The molecule has 1 aromatic carbocycles. The van der Waals surface area contributed by atoms with E-state index < -0.39 is 0 Å². The van der Waals surface area contributed by atoms with Crippen molar-refractivity contribution in [2.45, 2.75) is 13.1 Å². The Balaban J connectivity index is 1.43. The quantitative estimate of drug-likeness (QED) is 0.790. The van der Waals surface area contributed by atoms with Crippen molar-refractivity contribution in [2.75, 3.05) is 6.79 Å². The number of rotatable bonds is 4. The summed E-state index contributed by atoms with van der Waals surface area (Å²) in [7, 11) is 0. The topological polar surface area (TPSA) is 60.7 Å². The van der Waals surface area contributed by atoms with E-state index in [1.165, 1.54) is 0 Å². The van der Waals surface area contributed by atoms with Crippen LogP contribution < -0.4 is 14.8 Å². The number of benzene rings is 1. The average molecular weight is 282 g/mol. The molecule has 0 unspecified atom stereocenters. The molecule has 4 rings (SSSR count). The average Bonchev–Trinajstić information content (AvgIpc) is 3.14. The van der Waals surface area contributed by atoms with Crippen molar-refractivity contribution in [2.24, 2.45) is 0 Å². The largest absolute Gasteiger partial charge is 0.454 e. The minimum atomic E-state index is 0.304. The summed E-state index contributed by atoms with van der Waals surface area (Å²) in [5.41, 5.74) is 2.01. The number of pyridine rings is 1. The van der Waals surface area contributed by atoms with Crippen molar-refractivity contribution < 1.29 is 9.47 Å². The molecule has 0 spiro atoms. The number of nitrogens with one attached hydrogen (secondary N) is 1. The minimum absolute atomic E-state index is 0.304. The molecule has 0 saturated heterocycles. The molecule has 2 aromatic heterocycles. The van der Waals surface area contributed by atoms with Gasteiger partial charge in [0.15, 0.2) is 23.0 Å². The molecule has 6 heteroatoms. The molecule has 0 amide bonds. The van der Waals surface area contributed by atoms with Gasteiger partial charge in [-0.3, -0.25) is 4.40 Å². The van der Waals surface area contributed by atoms with Gasteiger partial charge in [-0.2, -0.15) is 0 Å². The molecular weight excluding hydrogens is 268 g/mol. The maximum absolute atomic E-state index is 5.37. The molecule has 0 radical (unpaired) electrons. The lowest BCUT2D eigenvalue weighted by molar-refractivity contribution is 0.174. The van der Waals surface area contributed by atoms with Crippen LogP contribution >= 0.6 is 0 Å². The lowest BCUT2D eigenvalue weighted by Crippen LogP contribution is -2.14. The van der Waals surface area contributed by atoms with Crippen molar-refractivity contribution in [1.29, 1.82) is 0 Å². The fourth-order valence-corrected chi connectivity index (χ4v) is 2.38. The van der Waals surface area contributed by atoms with Crippen molar-refractivity contribution in [3.05, 3.63) is 54.0 Å². The molecule has 0 aliphatic carbocycles. The van der Waals surface area contributed by atoms with Gasteiger partial charge < -0.3 is 14.8 Å². The second-order valence-corrected chi connectivity index (χ2v) is 4.84. The summed E-state index contributed by atoms with van der Waals surface area (Å²) in [4.78, 5) is 0. The van der Waals surface area contributed by atoms with Gasteiger partial charge in [-0.15, -0.1) is 10.2 Å². The Labute approximate surface area is 121 Å². The number of aromatic nitrogens is 3. The summed E-state index contributed by atoms with van der Waals surface area (Å²) < 4.78 is 12.7. The van der Waals surface area contributed by atoms with Crippen LogP contribution in [0.2, 0.25) is 0 Å². The number of ether oxygens (including phenoxy) is 2. The fourth-order valence-electron chi connectivity index (χ4n) is 2.38. The highest BCUT2D eigenvalue weighted by molar-refractivity contribution is 5.44. The van der Waals surface area contributed by atoms with E-state index >= 15 is 0 Å². The number of hydrogen-bond acceptors (Lipinski definition) is 5. The molecule has 1 aliphatic rings. The summed E-state index contributed by atoms with van der Waals surface area (Å²) in [6, 6.07) is 11.8. The van der Waals surface area contributed by atoms with Gasteiger partial charge >= 0.3 is 0 Å². The van der Waals surface area contributed by atoms with Crippen LogP contribution in [-0.4, -0.2) is 21.4 Å². The van der Waals surface area contributed by atoms with E-state index in [1.54, 1.807) is 0 Å². The third kappa shape index (κ3) is 2.30. The van der Waals surface area contributed by atoms with Crippen molar-refractivity contribution in [3.63, 3.8) is 0 Å². The molecule has 1 aliphatic heterocycles. The van der Waals surface area contributed by atoms with Gasteiger partial charge in [0, 0.05) is 12.7 Å². The number of fused-ring (bicyclic) bond motifs is 2. The Morgan fingerprint density at radius 2 is 2.00 bits per heavy atom. The van der Waals surface area contributed by atoms with E-state index in [9.17, 15) is 0 Å². The molecule has 21 heavy (non-hydrogen) atoms. The number of nitrogens with zero attached hydrogens (tertiary/aromatic N) is 3. The van der Waals surface area contributed by atoms with E-state index in [0.717, 1.165) is 35.1 Å². The van der Waals surface area contributed by atoms with Crippen molar-refractivity contribution in [3.8, 4) is 11.5 Å². The molecule has 0 bridgehead atoms. The number of hydrogen-bond donors (Lipinski definition) is 1. The first-order chi connectivity index (χ1) is 10.4. The maximum Gasteiger partial charge on any atom is 0.231 e. The smallest absolute Gasteiger partial charge is 0.231 e. The molecule has 3 heterocycles. The first kappa shape index (κ1) is 12.2. The van der Waals surface area contributed by atoms with E-state index in [1.807, 2.05) is 47.0 Å². The molecule has 0 atom stereocenters. The summed E-state index contributed by atoms with van der Waals surface area (Å²) in [6.45, 7) is 1.69. The Morgan fingerprint density at radius 1 is 1.05 bits per heavy atom. The predicted octanol–water partition coefficient (Wildman–Crippen LogP) is 1.75. The minimum Gasteiger partial charge on any atom is -0.454 e. The molecule has 0 fully saturated rings. The fraction of sp³-hybridized carbons (Fsp3) is 0.200. The van der Waals surface area contributed by atoms with Crippen LogP contribution in [0.25, 0.3) is 5.65 Å². The van der Waals surface area contributed by atoms with Crippen molar-refractivity contribution >= 4 is 5.65 Å². The van der Waals surface area contributed by atoms with Gasteiger partial charge in [-0.25, -0.2) is 0 Å². The summed E-state index contributed by atoms with van der Waals surface area (Å²) >= 11 is 0. The Kier molecular flexibility index (Phi) is 2.93. The molecule has 0 saturated carbocycles. The lowest BCUT2D eigenvalue weighted by atomic mass is 10.2. The Morgan fingerprint density at radius 3 is 3.00 bits per heavy atom. The van der Waals surface area contributed by atoms with E-state index in [-0.39, 0.29) is 0 Å². The van der Waals surface area contributed by atoms with Gasteiger partial charge in [-0.1, -0.05) is 12.1 Å². The second-order valence-electron chi connectivity index (χ2n) is 4.84. The first-order valence-corrected chi connectivity index (χ1v) is 6.78. The lowest BCUT2D eigenvalue weighted by Gasteiger charge is -2.05. The van der Waals surface area contributed by atoms with Gasteiger partial charge in [-0.05, 0) is 29.8 Å². The standard InChI is InChI=1S/C15H14N4O2/c1-2-6-19-14(3-1)17-18-15(19)9-16-8-11-4-5-12-13(7-11)21-10-20-12/h1-7,16H,8-10H2. The van der Waals surface area contributed by atoms with E-state index in [2.05, 4.69) is 15.5 Å². The van der Waals surface area contributed by atoms with Crippen LogP contribution in [0.1, 0.15) is 11.4 Å². The van der Waals surface area contributed by atoms with Crippen LogP contribution in [0.5, 0.6) is 11.5 Å². The van der Waals surface area contributed by atoms with Crippen LogP contribution in [-0.2, 0) is 13.1 Å². The van der Waals surface area contributed by atoms with Gasteiger partial charge in [0.1, 0.15) is 0 Å². The molecule has 1 N–H and O–H groups in total. The highest BCUT2D eigenvalue weighted by atomic mass is 16.7. The highest BCUT2D eigenvalue weighted by Gasteiger charge is 2.13. The monoisotopic (exact) mass is 282 g/mol. The molecule has 6 nitrogen and oxygen atoms in total. The zero-order valence-electron chi connectivity index (χ0n) is 11.3. The van der Waals surface area contributed by atoms with Crippen LogP contribution in [0, 0.1) is 0 Å². The Hall–Kier alpha value is -2.60. The zero-order chi connectivity index (χ0) is 14.1. The van der Waals surface area contributed by atoms with Crippen LogP contribution in [0.4, 0.5) is 0 Å². The van der Waals surface area contributed by atoms with Gasteiger partial charge in [0.2, 0.25) is 6.79 Å². The molecule has 106 valence electrons. The predicted molar refractivity (Wildman–Crippen MR) is 76.1 cm³/mol.